The van der Waals surface area contributed by atoms with Crippen LogP contribution in [0.1, 0.15) is 26.2 Å². The topological polar surface area (TPSA) is 48.5 Å². The highest BCUT2D eigenvalue weighted by Gasteiger charge is 2.26. The fourth-order valence-corrected chi connectivity index (χ4v) is 3.91. The lowest BCUT2D eigenvalue weighted by Gasteiger charge is -2.36. The van der Waals surface area contributed by atoms with Crippen LogP contribution in [0, 0.1) is 11.8 Å². The molecule has 2 fully saturated rings. The van der Waals surface area contributed by atoms with Crippen molar-refractivity contribution in [3.05, 3.63) is 22.8 Å². The maximum atomic E-state index is 12.6. The molecule has 0 radical (unpaired) electrons. The van der Waals surface area contributed by atoms with Gasteiger partial charge in [0.1, 0.15) is 5.82 Å². The van der Waals surface area contributed by atoms with Crippen LogP contribution in [-0.4, -0.2) is 55.1 Å². The summed E-state index contributed by atoms with van der Waals surface area (Å²) in [6, 6.07) is 4.04. The van der Waals surface area contributed by atoms with Crippen molar-refractivity contribution in [3.63, 3.8) is 0 Å². The molecule has 1 N–H and O–H groups in total. The number of nitrogens with one attached hydrogen (secondary N) is 1. The van der Waals surface area contributed by atoms with Crippen molar-refractivity contribution in [3.8, 4) is 0 Å². The van der Waals surface area contributed by atoms with Crippen molar-refractivity contribution in [2.24, 2.45) is 11.8 Å². The maximum Gasteiger partial charge on any atom is 0.222 e. The van der Waals surface area contributed by atoms with Crippen molar-refractivity contribution >= 4 is 52.5 Å². The minimum Gasteiger partial charge on any atom is -0.353 e. The third-order valence-corrected chi connectivity index (χ3v) is 5.77. The van der Waals surface area contributed by atoms with E-state index in [0.717, 1.165) is 49.6 Å². The summed E-state index contributed by atoms with van der Waals surface area (Å²) in [4.78, 5) is 21.3. The number of hydrogen-bond donors (Lipinski definition) is 1. The van der Waals surface area contributed by atoms with Crippen LogP contribution in [0.2, 0.25) is 0 Å². The molecular formula is C18H29BrCl2N4O. The third-order valence-electron chi connectivity index (χ3n) is 5.30. The Bertz CT molecular complexity index is 547. The highest BCUT2D eigenvalue weighted by Crippen LogP contribution is 2.24. The van der Waals surface area contributed by atoms with Gasteiger partial charge >= 0.3 is 0 Å². The monoisotopic (exact) mass is 466 g/mol. The molecule has 2 saturated heterocycles. The van der Waals surface area contributed by atoms with Gasteiger partial charge < -0.3 is 15.1 Å². The van der Waals surface area contributed by atoms with Gasteiger partial charge in [-0.2, -0.15) is 0 Å². The molecule has 2 atom stereocenters. The van der Waals surface area contributed by atoms with Crippen molar-refractivity contribution < 1.29 is 4.79 Å². The van der Waals surface area contributed by atoms with Crippen LogP contribution in [0.3, 0.4) is 0 Å². The number of anilines is 1. The molecule has 8 heteroatoms. The zero-order chi connectivity index (χ0) is 16.9. The van der Waals surface area contributed by atoms with E-state index >= 15 is 0 Å². The predicted octanol–water partition coefficient (Wildman–Crippen LogP) is 3.36. The molecule has 0 bridgehead atoms. The van der Waals surface area contributed by atoms with Gasteiger partial charge in [-0.15, -0.1) is 24.8 Å². The number of pyridine rings is 1. The van der Waals surface area contributed by atoms with E-state index in [0.29, 0.717) is 24.2 Å². The van der Waals surface area contributed by atoms with Crippen LogP contribution in [-0.2, 0) is 4.79 Å². The first-order chi connectivity index (χ1) is 11.6. The first-order valence-corrected chi connectivity index (χ1v) is 9.78. The molecule has 3 rings (SSSR count). The van der Waals surface area contributed by atoms with Crippen molar-refractivity contribution in [1.29, 1.82) is 0 Å². The normalized spacial score (nSPS) is 21.4. The molecule has 1 amide bonds. The Balaban J connectivity index is 0.00000169. The summed E-state index contributed by atoms with van der Waals surface area (Å²) < 4.78 is 0.992. The second kappa shape index (κ2) is 11.3. The van der Waals surface area contributed by atoms with Gasteiger partial charge in [0, 0.05) is 43.3 Å². The van der Waals surface area contributed by atoms with Crippen LogP contribution in [0.4, 0.5) is 5.82 Å². The summed E-state index contributed by atoms with van der Waals surface area (Å²) in [6.07, 6.45) is 5.00. The molecule has 2 unspecified atom stereocenters. The standard InChI is InChI=1S/C18H27BrN4O.2ClH/c1-14(15-3-2-6-20-12-15)11-18(24)23-9-7-22(8-10-23)17-5-4-16(19)13-21-17;;/h4-5,13-15,20H,2-3,6-12H2,1H3;2*1H. The number of halogens is 3. The Morgan fingerprint density at radius 3 is 2.62 bits per heavy atom. The second-order valence-electron chi connectivity index (χ2n) is 6.99. The summed E-state index contributed by atoms with van der Waals surface area (Å²) >= 11 is 3.42. The van der Waals surface area contributed by atoms with Gasteiger partial charge in [-0.05, 0) is 65.8 Å². The molecular weight excluding hydrogens is 439 g/mol. The van der Waals surface area contributed by atoms with Crippen molar-refractivity contribution in [2.75, 3.05) is 44.2 Å². The molecule has 2 aliphatic rings. The van der Waals surface area contributed by atoms with Gasteiger partial charge in [0.25, 0.3) is 0 Å². The predicted molar refractivity (Wildman–Crippen MR) is 115 cm³/mol. The zero-order valence-corrected chi connectivity index (χ0v) is 18.4. The Morgan fingerprint density at radius 2 is 2.04 bits per heavy atom. The zero-order valence-electron chi connectivity index (χ0n) is 15.2. The Kier molecular flexibility index (Phi) is 10.2. The Hall–Kier alpha value is -0.560. The summed E-state index contributed by atoms with van der Waals surface area (Å²) in [6.45, 7) is 7.75. The molecule has 26 heavy (non-hydrogen) atoms. The van der Waals surface area contributed by atoms with Crippen molar-refractivity contribution in [2.45, 2.75) is 26.2 Å². The van der Waals surface area contributed by atoms with E-state index in [1.807, 2.05) is 23.2 Å². The number of carbonyl (C=O) groups is 1. The number of piperazine rings is 1. The number of nitrogens with zero attached hydrogens (tertiary/aromatic N) is 3. The molecule has 0 saturated carbocycles. The SMILES string of the molecule is CC(CC(=O)N1CCN(c2ccc(Br)cn2)CC1)C1CCCNC1.Cl.Cl. The highest BCUT2D eigenvalue weighted by atomic mass is 79.9. The first-order valence-electron chi connectivity index (χ1n) is 8.98. The molecule has 5 nitrogen and oxygen atoms in total. The molecule has 0 aromatic carbocycles. The van der Waals surface area contributed by atoms with Crippen LogP contribution in [0.25, 0.3) is 0 Å². The van der Waals surface area contributed by atoms with E-state index in [2.05, 4.69) is 38.1 Å². The van der Waals surface area contributed by atoms with Gasteiger partial charge in [-0.3, -0.25) is 4.79 Å². The third kappa shape index (κ3) is 6.25. The van der Waals surface area contributed by atoms with E-state index in [-0.39, 0.29) is 24.8 Å². The maximum absolute atomic E-state index is 12.6. The minimum absolute atomic E-state index is 0. The summed E-state index contributed by atoms with van der Waals surface area (Å²) in [5.74, 6) is 2.43. The van der Waals surface area contributed by atoms with Crippen LogP contribution < -0.4 is 10.2 Å². The lowest BCUT2D eigenvalue weighted by atomic mass is 9.85. The smallest absolute Gasteiger partial charge is 0.222 e. The number of rotatable bonds is 4. The fourth-order valence-electron chi connectivity index (χ4n) is 3.68. The van der Waals surface area contributed by atoms with Gasteiger partial charge in [0.2, 0.25) is 5.91 Å². The minimum atomic E-state index is 0. The summed E-state index contributed by atoms with van der Waals surface area (Å²) in [7, 11) is 0. The molecule has 3 heterocycles. The largest absolute Gasteiger partial charge is 0.353 e. The lowest BCUT2D eigenvalue weighted by Crippen LogP contribution is -2.49. The number of amides is 1. The number of aromatic nitrogens is 1. The number of piperidine rings is 1. The van der Waals surface area contributed by atoms with E-state index in [9.17, 15) is 4.79 Å². The van der Waals surface area contributed by atoms with E-state index in [4.69, 9.17) is 0 Å². The van der Waals surface area contributed by atoms with Crippen LogP contribution in [0.15, 0.2) is 22.8 Å². The van der Waals surface area contributed by atoms with Gasteiger partial charge in [0.05, 0.1) is 0 Å². The van der Waals surface area contributed by atoms with Crippen LogP contribution in [0.5, 0.6) is 0 Å². The average Bonchev–Trinajstić information content (AvgIpc) is 2.63. The van der Waals surface area contributed by atoms with Gasteiger partial charge in [-0.25, -0.2) is 4.98 Å². The molecule has 1 aromatic rings. The van der Waals surface area contributed by atoms with Crippen LogP contribution >= 0.6 is 40.7 Å². The van der Waals surface area contributed by atoms with Gasteiger partial charge in [-0.1, -0.05) is 6.92 Å². The van der Waals surface area contributed by atoms with E-state index in [1.165, 1.54) is 12.8 Å². The molecule has 2 aliphatic heterocycles. The van der Waals surface area contributed by atoms with E-state index < -0.39 is 0 Å². The van der Waals surface area contributed by atoms with Gasteiger partial charge in [0.15, 0.2) is 0 Å². The second-order valence-corrected chi connectivity index (χ2v) is 7.91. The summed E-state index contributed by atoms with van der Waals surface area (Å²) in [5.41, 5.74) is 0. The molecule has 1 aromatic heterocycles. The number of carbonyl (C=O) groups excluding carboxylic acids is 1. The molecule has 148 valence electrons. The number of hydrogen-bond acceptors (Lipinski definition) is 4. The Labute approximate surface area is 177 Å². The molecule has 0 aliphatic carbocycles. The highest BCUT2D eigenvalue weighted by molar-refractivity contribution is 9.10. The average molecular weight is 468 g/mol. The fraction of sp³-hybridized carbons (Fsp3) is 0.667. The van der Waals surface area contributed by atoms with Crippen molar-refractivity contribution in [1.82, 2.24) is 15.2 Å². The lowest BCUT2D eigenvalue weighted by molar-refractivity contribution is -0.132. The molecule has 0 spiro atoms. The Morgan fingerprint density at radius 1 is 1.31 bits per heavy atom. The summed E-state index contributed by atoms with van der Waals surface area (Å²) in [5, 5.41) is 3.45. The van der Waals surface area contributed by atoms with E-state index in [1.54, 1.807) is 0 Å². The first kappa shape index (κ1) is 23.5. The quantitative estimate of drug-likeness (QED) is 0.737.